The van der Waals surface area contributed by atoms with Crippen molar-refractivity contribution in [2.75, 3.05) is 16.9 Å². The van der Waals surface area contributed by atoms with E-state index in [-0.39, 0.29) is 0 Å². The molecule has 0 spiro atoms. The highest BCUT2D eigenvalue weighted by atomic mass is 32.1. The molecule has 108 valence electrons. The van der Waals surface area contributed by atoms with Gasteiger partial charge in [0, 0.05) is 17.6 Å². The van der Waals surface area contributed by atoms with Crippen molar-refractivity contribution in [1.82, 2.24) is 10.2 Å². The molecule has 0 fully saturated rings. The van der Waals surface area contributed by atoms with Crippen molar-refractivity contribution in [3.05, 3.63) is 47.5 Å². The molecule has 3 aromatic rings. The zero-order valence-electron chi connectivity index (χ0n) is 11.8. The molecule has 0 bridgehead atoms. The molecule has 2 aromatic carbocycles. The number of hydrogen-bond acceptors (Lipinski definition) is 6. The van der Waals surface area contributed by atoms with Crippen molar-refractivity contribution in [3.63, 3.8) is 0 Å². The van der Waals surface area contributed by atoms with E-state index in [0.717, 1.165) is 18.1 Å². The second-order valence-electron chi connectivity index (χ2n) is 4.66. The van der Waals surface area contributed by atoms with Crippen molar-refractivity contribution in [3.8, 4) is 0 Å². The molecule has 1 heterocycles. The highest BCUT2D eigenvalue weighted by molar-refractivity contribution is 7.15. The Morgan fingerprint density at radius 2 is 1.95 bits per heavy atom. The van der Waals surface area contributed by atoms with Gasteiger partial charge >= 0.3 is 0 Å². The van der Waals surface area contributed by atoms with Gasteiger partial charge in [-0.25, -0.2) is 5.84 Å². The lowest BCUT2D eigenvalue weighted by Crippen LogP contribution is -2.22. The lowest BCUT2D eigenvalue weighted by Gasteiger charge is -2.23. The minimum Gasteiger partial charge on any atom is -0.364 e. The summed E-state index contributed by atoms with van der Waals surface area (Å²) in [6.45, 7) is 3.77. The minimum atomic E-state index is 0.638. The normalized spacial score (nSPS) is 10.8. The van der Waals surface area contributed by atoms with Crippen LogP contribution in [-0.2, 0) is 6.54 Å². The summed E-state index contributed by atoms with van der Waals surface area (Å²) in [7, 11) is 0. The predicted molar refractivity (Wildman–Crippen MR) is 88.4 cm³/mol. The molecule has 0 amide bonds. The molecule has 5 nitrogen and oxygen atoms in total. The Morgan fingerprint density at radius 1 is 1.14 bits per heavy atom. The van der Waals surface area contributed by atoms with Crippen LogP contribution in [0.2, 0.25) is 0 Å². The summed E-state index contributed by atoms with van der Waals surface area (Å²) in [5.41, 5.74) is 3.75. The molecule has 0 aliphatic carbocycles. The van der Waals surface area contributed by atoms with Gasteiger partial charge in [0.2, 0.25) is 5.13 Å². The first-order chi connectivity index (χ1) is 10.3. The van der Waals surface area contributed by atoms with Crippen LogP contribution in [0.1, 0.15) is 11.9 Å². The summed E-state index contributed by atoms with van der Waals surface area (Å²) in [6, 6.07) is 14.8. The van der Waals surface area contributed by atoms with Crippen LogP contribution in [0.25, 0.3) is 10.8 Å². The highest BCUT2D eigenvalue weighted by Crippen LogP contribution is 2.28. The maximum atomic E-state index is 5.36. The molecule has 0 aliphatic rings. The quantitative estimate of drug-likeness (QED) is 0.560. The predicted octanol–water partition coefficient (Wildman–Crippen LogP) is 3.00. The summed E-state index contributed by atoms with van der Waals surface area (Å²) >= 11 is 1.48. The fourth-order valence-corrected chi connectivity index (χ4v) is 3.06. The Morgan fingerprint density at radius 3 is 2.71 bits per heavy atom. The van der Waals surface area contributed by atoms with Gasteiger partial charge in [-0.05, 0) is 18.4 Å². The first kappa shape index (κ1) is 13.8. The van der Waals surface area contributed by atoms with Gasteiger partial charge in [-0.2, -0.15) is 0 Å². The van der Waals surface area contributed by atoms with E-state index < -0.39 is 0 Å². The van der Waals surface area contributed by atoms with E-state index in [1.54, 1.807) is 0 Å². The van der Waals surface area contributed by atoms with Gasteiger partial charge in [-0.1, -0.05) is 47.7 Å². The number of nitrogen functional groups attached to an aromatic ring is 1. The van der Waals surface area contributed by atoms with Gasteiger partial charge < -0.3 is 4.90 Å². The zero-order chi connectivity index (χ0) is 14.7. The minimum absolute atomic E-state index is 0.638. The van der Waals surface area contributed by atoms with Gasteiger partial charge in [0.05, 0.1) is 6.54 Å². The molecular formula is C15H17N5S. The SMILES string of the molecule is CCN(Cc1nnc(NN)s1)c1cccc2ccccc12. The number of anilines is 2. The number of nitrogens with one attached hydrogen (secondary N) is 1. The molecule has 0 radical (unpaired) electrons. The van der Waals surface area contributed by atoms with Crippen molar-refractivity contribution < 1.29 is 0 Å². The Kier molecular flexibility index (Phi) is 3.98. The van der Waals surface area contributed by atoms with Crippen molar-refractivity contribution >= 4 is 32.9 Å². The Balaban J connectivity index is 1.94. The fourth-order valence-electron chi connectivity index (χ4n) is 2.39. The third-order valence-corrected chi connectivity index (χ3v) is 4.24. The van der Waals surface area contributed by atoms with E-state index in [2.05, 4.69) is 69.9 Å². The maximum Gasteiger partial charge on any atom is 0.219 e. The summed E-state index contributed by atoms with van der Waals surface area (Å²) in [5.74, 6) is 5.36. The van der Waals surface area contributed by atoms with Crippen LogP contribution in [0.3, 0.4) is 0 Å². The van der Waals surface area contributed by atoms with Gasteiger partial charge in [-0.3, -0.25) is 5.43 Å². The van der Waals surface area contributed by atoms with Gasteiger partial charge in [0.1, 0.15) is 5.01 Å². The van der Waals surface area contributed by atoms with Crippen molar-refractivity contribution in [1.29, 1.82) is 0 Å². The van der Waals surface area contributed by atoms with E-state index in [0.29, 0.717) is 5.13 Å². The second-order valence-corrected chi connectivity index (χ2v) is 5.72. The Labute approximate surface area is 127 Å². The molecule has 0 saturated heterocycles. The number of hydrogen-bond donors (Lipinski definition) is 2. The Bertz CT molecular complexity index is 734. The first-order valence-electron chi connectivity index (χ1n) is 6.83. The average Bonchev–Trinajstić information content (AvgIpc) is 3.00. The third-order valence-electron chi connectivity index (χ3n) is 3.41. The summed E-state index contributed by atoms with van der Waals surface area (Å²) < 4.78 is 0. The zero-order valence-corrected chi connectivity index (χ0v) is 12.6. The third kappa shape index (κ3) is 2.81. The van der Waals surface area contributed by atoms with E-state index in [9.17, 15) is 0 Å². The average molecular weight is 299 g/mol. The number of nitrogens with two attached hydrogens (primary N) is 1. The monoisotopic (exact) mass is 299 g/mol. The van der Waals surface area contributed by atoms with E-state index in [1.165, 1.54) is 27.8 Å². The number of rotatable bonds is 5. The standard InChI is InChI=1S/C15H17N5S/c1-2-20(10-14-18-19-15(17-16)21-14)13-9-5-7-11-6-3-4-8-12(11)13/h3-9H,2,10,16H2,1H3,(H,17,19). The summed E-state index contributed by atoms with van der Waals surface area (Å²) in [6.07, 6.45) is 0. The molecule has 1 aromatic heterocycles. The maximum absolute atomic E-state index is 5.36. The van der Waals surface area contributed by atoms with E-state index in [1.807, 2.05) is 0 Å². The second kappa shape index (κ2) is 6.07. The molecule has 0 saturated carbocycles. The lowest BCUT2D eigenvalue weighted by atomic mass is 10.1. The molecule has 3 rings (SSSR count). The topological polar surface area (TPSA) is 67.1 Å². The molecule has 0 aliphatic heterocycles. The molecule has 21 heavy (non-hydrogen) atoms. The van der Waals surface area contributed by atoms with Crippen molar-refractivity contribution in [2.24, 2.45) is 5.84 Å². The first-order valence-corrected chi connectivity index (χ1v) is 7.65. The number of nitrogens with zero attached hydrogens (tertiary/aromatic N) is 3. The summed E-state index contributed by atoms with van der Waals surface area (Å²) in [4.78, 5) is 2.29. The molecular weight excluding hydrogens is 282 g/mol. The smallest absolute Gasteiger partial charge is 0.219 e. The fraction of sp³-hybridized carbons (Fsp3) is 0.200. The number of hydrazine groups is 1. The largest absolute Gasteiger partial charge is 0.364 e. The Hall–Kier alpha value is -2.18. The van der Waals surface area contributed by atoms with Crippen LogP contribution in [0.15, 0.2) is 42.5 Å². The van der Waals surface area contributed by atoms with Gasteiger partial charge in [-0.15, -0.1) is 10.2 Å². The lowest BCUT2D eigenvalue weighted by molar-refractivity contribution is 0.815. The van der Waals surface area contributed by atoms with Crippen LogP contribution in [0.4, 0.5) is 10.8 Å². The van der Waals surface area contributed by atoms with Crippen LogP contribution in [0, 0.1) is 0 Å². The van der Waals surface area contributed by atoms with Gasteiger partial charge in [0.15, 0.2) is 0 Å². The molecule has 6 heteroatoms. The van der Waals surface area contributed by atoms with Crippen LogP contribution >= 0.6 is 11.3 Å². The van der Waals surface area contributed by atoms with E-state index >= 15 is 0 Å². The van der Waals surface area contributed by atoms with Gasteiger partial charge in [0.25, 0.3) is 0 Å². The molecule has 0 unspecified atom stereocenters. The van der Waals surface area contributed by atoms with Crippen LogP contribution in [-0.4, -0.2) is 16.7 Å². The molecule has 3 N–H and O–H groups in total. The number of benzene rings is 2. The highest BCUT2D eigenvalue weighted by Gasteiger charge is 2.12. The summed E-state index contributed by atoms with van der Waals surface area (Å²) in [5, 5.41) is 12.2. The van der Waals surface area contributed by atoms with E-state index in [4.69, 9.17) is 5.84 Å². The molecule has 0 atom stereocenters. The van der Waals surface area contributed by atoms with Crippen LogP contribution < -0.4 is 16.2 Å². The van der Waals surface area contributed by atoms with Crippen LogP contribution in [0.5, 0.6) is 0 Å². The number of fused-ring (bicyclic) bond motifs is 1. The van der Waals surface area contributed by atoms with Crippen molar-refractivity contribution in [2.45, 2.75) is 13.5 Å². The number of aromatic nitrogens is 2.